The van der Waals surface area contributed by atoms with Gasteiger partial charge in [-0.15, -0.1) is 0 Å². The number of rotatable bonds is 6. The van der Waals surface area contributed by atoms with Gasteiger partial charge in [0.2, 0.25) is 5.89 Å². The molecule has 4 nitrogen and oxygen atoms in total. The van der Waals surface area contributed by atoms with E-state index in [9.17, 15) is 0 Å². The summed E-state index contributed by atoms with van der Waals surface area (Å²) in [5, 5.41) is 2.23. The predicted octanol–water partition coefficient (Wildman–Crippen LogP) is 14.5. The van der Waals surface area contributed by atoms with Crippen LogP contribution in [0.4, 0.5) is 17.1 Å². The first kappa shape index (κ1) is 32.3. The number of hydrogen-bond acceptors (Lipinski definition) is 4. The third kappa shape index (κ3) is 5.03. The number of oxazole rings is 1. The van der Waals surface area contributed by atoms with Crippen molar-refractivity contribution in [2.75, 3.05) is 4.90 Å². The standard InChI is InChI=1S/C52H36N2O2/c1-52(2)45-22-10-9-17-41(45)42-29-27-37(31-46(42)52)54(38-28-30-47-48(32-38)55-51(53-47)35-15-7-4-8-16-35)36-25-23-34(24-26-36)40-19-12-21-44-43-20-11-18-39(49(43)56-50(40)44)33-13-5-3-6-14-33/h3-32H,1-2H3. The van der Waals surface area contributed by atoms with E-state index in [2.05, 4.69) is 164 Å². The summed E-state index contributed by atoms with van der Waals surface area (Å²) in [6.45, 7) is 4.65. The second-order valence-corrected chi connectivity index (χ2v) is 15.2. The van der Waals surface area contributed by atoms with Crippen LogP contribution in [0.3, 0.4) is 0 Å². The highest BCUT2D eigenvalue weighted by Crippen LogP contribution is 2.51. The van der Waals surface area contributed by atoms with Crippen LogP contribution in [0.25, 0.3) is 77.9 Å². The largest absolute Gasteiger partial charge is 0.455 e. The van der Waals surface area contributed by atoms with E-state index in [-0.39, 0.29) is 5.41 Å². The van der Waals surface area contributed by atoms with Crippen molar-refractivity contribution in [3.63, 3.8) is 0 Å². The fourth-order valence-electron chi connectivity index (χ4n) is 8.72. The normalized spacial score (nSPS) is 13.0. The van der Waals surface area contributed by atoms with Crippen LogP contribution in [0.15, 0.2) is 191 Å². The maximum atomic E-state index is 6.78. The Morgan fingerprint density at radius 3 is 1.70 bits per heavy atom. The molecule has 8 aromatic carbocycles. The van der Waals surface area contributed by atoms with Gasteiger partial charge in [-0.2, -0.15) is 0 Å². The van der Waals surface area contributed by atoms with E-state index in [0.29, 0.717) is 5.89 Å². The van der Waals surface area contributed by atoms with E-state index in [1.165, 1.54) is 22.3 Å². The molecule has 11 rings (SSSR count). The van der Waals surface area contributed by atoms with Crippen molar-refractivity contribution >= 4 is 50.1 Å². The summed E-state index contributed by atoms with van der Waals surface area (Å²) in [5.41, 5.74) is 16.9. The summed E-state index contributed by atoms with van der Waals surface area (Å²) in [5.74, 6) is 0.612. The number of benzene rings is 8. The van der Waals surface area contributed by atoms with Gasteiger partial charge in [-0.3, -0.25) is 0 Å². The summed E-state index contributed by atoms with van der Waals surface area (Å²) >= 11 is 0. The molecule has 0 radical (unpaired) electrons. The summed E-state index contributed by atoms with van der Waals surface area (Å²) < 4.78 is 13.2. The van der Waals surface area contributed by atoms with Crippen molar-refractivity contribution in [2.24, 2.45) is 0 Å². The zero-order valence-corrected chi connectivity index (χ0v) is 31.0. The fraction of sp³-hybridized carbons (Fsp3) is 0.0577. The van der Waals surface area contributed by atoms with Crippen molar-refractivity contribution in [1.82, 2.24) is 4.98 Å². The Bertz CT molecular complexity index is 3100. The quantitative estimate of drug-likeness (QED) is 0.171. The Morgan fingerprint density at radius 1 is 0.429 bits per heavy atom. The van der Waals surface area contributed by atoms with Crippen molar-refractivity contribution < 1.29 is 8.83 Å². The van der Waals surface area contributed by atoms with Gasteiger partial charge in [0.15, 0.2) is 5.58 Å². The zero-order chi connectivity index (χ0) is 37.4. The van der Waals surface area contributed by atoms with Crippen LogP contribution in [-0.2, 0) is 5.41 Å². The Labute approximate surface area is 324 Å². The smallest absolute Gasteiger partial charge is 0.227 e. The first-order chi connectivity index (χ1) is 27.5. The van der Waals surface area contributed by atoms with Gasteiger partial charge in [-0.05, 0) is 81.9 Å². The summed E-state index contributed by atoms with van der Waals surface area (Å²) in [4.78, 5) is 7.15. The number of furan rings is 1. The number of para-hydroxylation sites is 2. The molecule has 0 spiro atoms. The Balaban J connectivity index is 1.04. The lowest BCUT2D eigenvalue weighted by atomic mass is 9.82. The molecule has 1 aliphatic carbocycles. The minimum absolute atomic E-state index is 0.136. The summed E-state index contributed by atoms with van der Waals surface area (Å²) in [6.07, 6.45) is 0. The lowest BCUT2D eigenvalue weighted by Crippen LogP contribution is -2.16. The SMILES string of the molecule is CC1(C)c2ccccc2-c2ccc(N(c3ccc(-c4cccc5c4oc4c(-c6ccccc6)cccc45)cc3)c3ccc4nc(-c5ccccc5)oc4c3)cc21. The molecule has 0 amide bonds. The van der Waals surface area contributed by atoms with E-state index < -0.39 is 0 Å². The van der Waals surface area contributed by atoms with E-state index in [1.807, 2.05) is 36.4 Å². The third-order valence-corrected chi connectivity index (χ3v) is 11.5. The van der Waals surface area contributed by atoms with Gasteiger partial charge in [0.25, 0.3) is 0 Å². The van der Waals surface area contributed by atoms with Crippen molar-refractivity contribution in [2.45, 2.75) is 19.3 Å². The number of nitrogens with zero attached hydrogens (tertiary/aromatic N) is 2. The van der Waals surface area contributed by atoms with Crippen molar-refractivity contribution in [1.29, 1.82) is 0 Å². The molecule has 0 saturated carbocycles. The minimum atomic E-state index is -0.136. The zero-order valence-electron chi connectivity index (χ0n) is 31.0. The molecule has 1 aliphatic rings. The molecule has 0 saturated heterocycles. The average molecular weight is 721 g/mol. The molecule has 56 heavy (non-hydrogen) atoms. The Kier molecular flexibility index (Phi) is 7.17. The van der Waals surface area contributed by atoms with Gasteiger partial charge >= 0.3 is 0 Å². The van der Waals surface area contributed by atoms with Gasteiger partial charge in [-0.1, -0.05) is 141 Å². The maximum absolute atomic E-state index is 6.78. The molecule has 2 aromatic heterocycles. The fourth-order valence-corrected chi connectivity index (χ4v) is 8.72. The van der Waals surface area contributed by atoms with Gasteiger partial charge < -0.3 is 13.7 Å². The Morgan fingerprint density at radius 2 is 0.982 bits per heavy atom. The first-order valence-electron chi connectivity index (χ1n) is 19.1. The van der Waals surface area contributed by atoms with Gasteiger partial charge in [0, 0.05) is 56.0 Å². The monoisotopic (exact) mass is 720 g/mol. The van der Waals surface area contributed by atoms with E-state index in [4.69, 9.17) is 13.8 Å². The minimum Gasteiger partial charge on any atom is -0.455 e. The van der Waals surface area contributed by atoms with Crippen LogP contribution in [0, 0.1) is 0 Å². The molecule has 0 fully saturated rings. The summed E-state index contributed by atoms with van der Waals surface area (Å²) in [7, 11) is 0. The second-order valence-electron chi connectivity index (χ2n) is 15.2. The molecule has 0 bridgehead atoms. The number of aromatic nitrogens is 1. The average Bonchev–Trinajstić information content (AvgIpc) is 3.92. The highest BCUT2D eigenvalue weighted by atomic mass is 16.3. The Hall–Kier alpha value is -7.17. The molecular formula is C52H36N2O2. The van der Waals surface area contributed by atoms with E-state index in [0.717, 1.165) is 77.9 Å². The van der Waals surface area contributed by atoms with Crippen LogP contribution in [0.1, 0.15) is 25.0 Å². The lowest BCUT2D eigenvalue weighted by molar-refractivity contribution is 0.620. The van der Waals surface area contributed by atoms with Gasteiger partial charge in [0.1, 0.15) is 16.7 Å². The van der Waals surface area contributed by atoms with Crippen LogP contribution in [-0.4, -0.2) is 4.98 Å². The third-order valence-electron chi connectivity index (χ3n) is 11.5. The number of anilines is 3. The predicted molar refractivity (Wildman–Crippen MR) is 230 cm³/mol. The van der Waals surface area contributed by atoms with Crippen LogP contribution in [0.5, 0.6) is 0 Å². The molecule has 0 N–H and O–H groups in total. The van der Waals surface area contributed by atoms with Crippen LogP contribution >= 0.6 is 0 Å². The topological polar surface area (TPSA) is 42.4 Å². The number of fused-ring (bicyclic) bond motifs is 7. The molecule has 10 aromatic rings. The van der Waals surface area contributed by atoms with Gasteiger partial charge in [0.05, 0.1) is 0 Å². The van der Waals surface area contributed by atoms with Gasteiger partial charge in [-0.25, -0.2) is 4.98 Å². The molecule has 0 atom stereocenters. The molecular weight excluding hydrogens is 685 g/mol. The highest BCUT2D eigenvalue weighted by Gasteiger charge is 2.35. The molecule has 0 aliphatic heterocycles. The highest BCUT2D eigenvalue weighted by molar-refractivity contribution is 6.13. The molecule has 2 heterocycles. The summed E-state index contributed by atoms with van der Waals surface area (Å²) in [6, 6.07) is 64.2. The van der Waals surface area contributed by atoms with Crippen LogP contribution < -0.4 is 4.90 Å². The second kappa shape index (κ2) is 12.4. The molecule has 0 unspecified atom stereocenters. The van der Waals surface area contributed by atoms with Crippen molar-refractivity contribution in [3.8, 4) is 44.8 Å². The van der Waals surface area contributed by atoms with Crippen molar-refractivity contribution in [3.05, 3.63) is 193 Å². The maximum Gasteiger partial charge on any atom is 0.227 e. The van der Waals surface area contributed by atoms with E-state index in [1.54, 1.807) is 0 Å². The molecule has 4 heteroatoms. The van der Waals surface area contributed by atoms with E-state index >= 15 is 0 Å². The first-order valence-corrected chi connectivity index (χ1v) is 19.1. The number of hydrogen-bond donors (Lipinski definition) is 0. The van der Waals surface area contributed by atoms with Crippen LogP contribution in [0.2, 0.25) is 0 Å². The lowest BCUT2D eigenvalue weighted by Gasteiger charge is -2.28. The molecule has 266 valence electrons.